The Morgan fingerprint density at radius 2 is 1.76 bits per heavy atom. The molecule has 34 heavy (non-hydrogen) atoms. The van der Waals surface area contributed by atoms with Gasteiger partial charge in [-0.2, -0.15) is 0 Å². The lowest BCUT2D eigenvalue weighted by Gasteiger charge is -2.22. The number of nitrogens with one attached hydrogen (secondary N) is 1. The molecule has 3 N–H and O–H groups in total. The Balaban J connectivity index is 1.91. The van der Waals surface area contributed by atoms with Crippen LogP contribution in [-0.2, 0) is 4.74 Å². The molecule has 186 valence electrons. The predicted octanol–water partition coefficient (Wildman–Crippen LogP) is 4.94. The molecule has 8 heteroatoms. The smallest absolute Gasteiger partial charge is 0.407 e. The monoisotopic (exact) mass is 471 g/mol. The Kier molecular flexibility index (Phi) is 9.59. The van der Waals surface area contributed by atoms with Crippen molar-refractivity contribution in [2.75, 3.05) is 37.9 Å². The van der Waals surface area contributed by atoms with Crippen LogP contribution < -0.4 is 25.4 Å². The summed E-state index contributed by atoms with van der Waals surface area (Å²) in [6.07, 6.45) is 2.12. The van der Waals surface area contributed by atoms with E-state index in [1.54, 1.807) is 30.1 Å². The summed E-state index contributed by atoms with van der Waals surface area (Å²) in [5.74, 6) is 0.908. The van der Waals surface area contributed by atoms with Crippen molar-refractivity contribution in [3.05, 3.63) is 47.5 Å². The van der Waals surface area contributed by atoms with Crippen molar-refractivity contribution in [3.8, 4) is 11.5 Å². The maximum atomic E-state index is 13.1. The third kappa shape index (κ3) is 8.17. The van der Waals surface area contributed by atoms with Gasteiger partial charge in [-0.15, -0.1) is 0 Å². The molecule has 0 saturated heterocycles. The number of carbonyl (C=O) groups excluding carboxylic acids is 2. The van der Waals surface area contributed by atoms with Crippen molar-refractivity contribution < 1.29 is 23.8 Å². The lowest BCUT2D eigenvalue weighted by atomic mass is 10.1. The number of hydrogen-bond acceptors (Lipinski definition) is 6. The predicted molar refractivity (Wildman–Crippen MR) is 135 cm³/mol. The van der Waals surface area contributed by atoms with Gasteiger partial charge >= 0.3 is 6.09 Å². The van der Waals surface area contributed by atoms with Crippen LogP contribution in [0, 0.1) is 6.92 Å². The number of amides is 2. The van der Waals surface area contributed by atoms with E-state index in [9.17, 15) is 9.59 Å². The van der Waals surface area contributed by atoms with Gasteiger partial charge in [0.2, 0.25) is 0 Å². The average molecular weight is 472 g/mol. The number of hydrogen-bond donors (Lipinski definition) is 2. The minimum absolute atomic E-state index is 0.194. The van der Waals surface area contributed by atoms with E-state index in [0.717, 1.165) is 24.8 Å². The molecule has 0 aliphatic heterocycles. The van der Waals surface area contributed by atoms with Gasteiger partial charge in [0, 0.05) is 19.2 Å². The fourth-order valence-electron chi connectivity index (χ4n) is 3.25. The number of nitrogen functional groups attached to an aromatic ring is 1. The van der Waals surface area contributed by atoms with E-state index in [1.165, 1.54) is 7.11 Å². The van der Waals surface area contributed by atoms with E-state index >= 15 is 0 Å². The minimum atomic E-state index is -0.502. The van der Waals surface area contributed by atoms with Crippen molar-refractivity contribution in [1.29, 1.82) is 0 Å². The minimum Gasteiger partial charge on any atom is -0.495 e. The van der Waals surface area contributed by atoms with Crippen LogP contribution in [0.5, 0.6) is 11.5 Å². The zero-order chi connectivity index (χ0) is 25.3. The van der Waals surface area contributed by atoms with Crippen molar-refractivity contribution in [2.24, 2.45) is 0 Å². The largest absolute Gasteiger partial charge is 0.495 e. The van der Waals surface area contributed by atoms with Gasteiger partial charge in [0.05, 0.1) is 25.1 Å². The van der Waals surface area contributed by atoms with Gasteiger partial charge in [-0.1, -0.05) is 6.07 Å². The van der Waals surface area contributed by atoms with Crippen molar-refractivity contribution in [1.82, 2.24) is 5.32 Å². The number of nitrogens with two attached hydrogens (primary N) is 1. The molecule has 0 heterocycles. The maximum Gasteiger partial charge on any atom is 0.407 e. The number of aryl methyl sites for hydroxylation is 1. The van der Waals surface area contributed by atoms with Gasteiger partial charge in [0.1, 0.15) is 17.1 Å². The zero-order valence-electron chi connectivity index (χ0n) is 21.1. The second kappa shape index (κ2) is 12.2. The van der Waals surface area contributed by atoms with Crippen LogP contribution in [-0.4, -0.2) is 44.9 Å². The van der Waals surface area contributed by atoms with Crippen LogP contribution in [0.3, 0.4) is 0 Å². The van der Waals surface area contributed by atoms with Crippen LogP contribution in [0.15, 0.2) is 36.4 Å². The van der Waals surface area contributed by atoms with E-state index < -0.39 is 11.7 Å². The lowest BCUT2D eigenvalue weighted by molar-refractivity contribution is 0.0526. The molecule has 2 aromatic rings. The van der Waals surface area contributed by atoms with Crippen molar-refractivity contribution in [2.45, 2.75) is 52.6 Å². The summed E-state index contributed by atoms with van der Waals surface area (Å²) >= 11 is 0. The first-order valence-corrected chi connectivity index (χ1v) is 11.4. The molecule has 2 rings (SSSR count). The lowest BCUT2D eigenvalue weighted by Crippen LogP contribution is -2.33. The second-order valence-electron chi connectivity index (χ2n) is 9.13. The molecule has 0 atom stereocenters. The standard InChI is InChI=1S/C26H37N3O5/c1-18-10-13-21(29(5)24(30)19-11-12-20(27)22(17-19)32-6)23(16-18)33-15-9-7-8-14-28-25(31)34-26(2,3)4/h10-13,16-17H,7-9,14-15,27H2,1-6H3,(H,28,31). The van der Waals surface area contributed by atoms with Crippen LogP contribution in [0.4, 0.5) is 16.2 Å². The number of anilines is 2. The van der Waals surface area contributed by atoms with Gasteiger partial charge in [0.25, 0.3) is 5.91 Å². The number of nitrogens with zero attached hydrogens (tertiary/aromatic N) is 1. The molecular weight excluding hydrogens is 434 g/mol. The first-order valence-electron chi connectivity index (χ1n) is 11.4. The summed E-state index contributed by atoms with van der Waals surface area (Å²) in [5, 5.41) is 2.76. The summed E-state index contributed by atoms with van der Waals surface area (Å²) in [5.41, 5.74) is 8.03. The number of benzene rings is 2. The third-order valence-corrected chi connectivity index (χ3v) is 5.01. The number of unbranched alkanes of at least 4 members (excludes halogenated alkanes) is 2. The van der Waals surface area contributed by atoms with Gasteiger partial charge in [-0.05, 0) is 82.9 Å². The Labute approximate surface area is 202 Å². The number of carbonyl (C=O) groups is 2. The molecule has 0 aliphatic carbocycles. The molecule has 8 nitrogen and oxygen atoms in total. The quantitative estimate of drug-likeness (QED) is 0.376. The molecular formula is C26H37N3O5. The first kappa shape index (κ1) is 26.8. The molecule has 0 unspecified atom stereocenters. The maximum absolute atomic E-state index is 13.1. The zero-order valence-corrected chi connectivity index (χ0v) is 21.1. The number of alkyl carbamates (subject to hydrolysis) is 1. The van der Waals surface area contributed by atoms with E-state index in [-0.39, 0.29) is 5.91 Å². The summed E-state index contributed by atoms with van der Waals surface area (Å²) in [6, 6.07) is 10.7. The second-order valence-corrected chi connectivity index (χ2v) is 9.13. The molecule has 0 radical (unpaired) electrons. The third-order valence-electron chi connectivity index (χ3n) is 5.01. The molecule has 2 aromatic carbocycles. The number of methoxy groups -OCH3 is 1. The highest BCUT2D eigenvalue weighted by molar-refractivity contribution is 6.07. The molecule has 0 saturated carbocycles. The Bertz CT molecular complexity index is 985. The van der Waals surface area contributed by atoms with Crippen molar-refractivity contribution in [3.63, 3.8) is 0 Å². The van der Waals surface area contributed by atoms with Crippen LogP contribution in [0.1, 0.15) is 56.0 Å². The molecule has 0 aliphatic rings. The summed E-state index contributed by atoms with van der Waals surface area (Å²) < 4.78 is 16.5. The van der Waals surface area contributed by atoms with E-state index in [4.69, 9.17) is 19.9 Å². The highest BCUT2D eigenvalue weighted by Crippen LogP contribution is 2.31. The van der Waals surface area contributed by atoms with Crippen LogP contribution in [0.25, 0.3) is 0 Å². The fourth-order valence-corrected chi connectivity index (χ4v) is 3.25. The van der Waals surface area contributed by atoms with Gasteiger partial charge in [-0.25, -0.2) is 4.79 Å². The Morgan fingerprint density at radius 3 is 2.44 bits per heavy atom. The number of ether oxygens (including phenoxy) is 3. The van der Waals surface area contributed by atoms with Gasteiger partial charge in [0.15, 0.2) is 0 Å². The summed E-state index contributed by atoms with van der Waals surface area (Å²) in [7, 11) is 3.23. The van der Waals surface area contributed by atoms with Crippen LogP contribution >= 0.6 is 0 Å². The highest BCUT2D eigenvalue weighted by atomic mass is 16.6. The average Bonchev–Trinajstić information content (AvgIpc) is 2.76. The number of rotatable bonds is 10. The van der Waals surface area contributed by atoms with Crippen LogP contribution in [0.2, 0.25) is 0 Å². The Hall–Kier alpha value is -3.42. The molecule has 0 bridgehead atoms. The SMILES string of the molecule is COc1cc(C(=O)N(C)c2ccc(C)cc2OCCCCCNC(=O)OC(C)(C)C)ccc1N. The normalized spacial score (nSPS) is 11.0. The highest BCUT2D eigenvalue weighted by Gasteiger charge is 2.19. The first-order chi connectivity index (χ1) is 16.0. The van der Waals surface area contributed by atoms with E-state index in [1.807, 2.05) is 45.9 Å². The van der Waals surface area contributed by atoms with E-state index in [2.05, 4.69) is 5.32 Å². The van der Waals surface area contributed by atoms with Crippen molar-refractivity contribution >= 4 is 23.4 Å². The summed E-state index contributed by atoms with van der Waals surface area (Å²) in [6.45, 7) is 8.53. The topological polar surface area (TPSA) is 103 Å². The Morgan fingerprint density at radius 1 is 1.03 bits per heavy atom. The molecule has 0 spiro atoms. The summed E-state index contributed by atoms with van der Waals surface area (Å²) in [4.78, 5) is 26.3. The van der Waals surface area contributed by atoms with E-state index in [0.29, 0.717) is 41.6 Å². The molecule has 0 aromatic heterocycles. The molecule has 2 amide bonds. The molecule has 0 fully saturated rings. The van der Waals surface area contributed by atoms with Gasteiger partial charge < -0.3 is 30.2 Å². The fraction of sp³-hybridized carbons (Fsp3) is 0.462. The van der Waals surface area contributed by atoms with Gasteiger partial charge in [-0.3, -0.25) is 4.79 Å².